The highest BCUT2D eigenvalue weighted by atomic mass is 19.4. The Kier molecular flexibility index (Phi) is 5.94. The molecule has 0 saturated carbocycles. The predicted octanol–water partition coefficient (Wildman–Crippen LogP) is 4.17. The minimum atomic E-state index is -6.86. The van der Waals surface area contributed by atoms with Crippen molar-refractivity contribution in [2.75, 3.05) is 6.61 Å². The molecule has 20 heavy (non-hydrogen) atoms. The van der Waals surface area contributed by atoms with Crippen LogP contribution in [0.2, 0.25) is 0 Å². The number of hydrogen-bond acceptors (Lipinski definition) is 1. The van der Waals surface area contributed by atoms with Gasteiger partial charge >= 0.3 is 23.9 Å². The molecule has 0 aliphatic heterocycles. The standard InChI is InChI=1S/C10H11F9O/c11-7(12,5-3-1-2-4-6-20)8(13,14)9(15,16)10(17,18)19/h3,5,20H,1-2,4,6H2. The maximum absolute atomic E-state index is 12.9. The number of unbranched alkanes of at least 4 members (excludes halogenated alkanes) is 2. The lowest BCUT2D eigenvalue weighted by atomic mass is 10.0. The van der Waals surface area contributed by atoms with Gasteiger partial charge in [0, 0.05) is 6.61 Å². The molecule has 0 unspecified atom stereocenters. The molecule has 0 heterocycles. The molecule has 10 heteroatoms. The normalized spacial score (nSPS) is 15.1. The fourth-order valence-corrected chi connectivity index (χ4v) is 1.10. The molecule has 0 amide bonds. The van der Waals surface area contributed by atoms with Crippen LogP contribution in [0.4, 0.5) is 39.5 Å². The molecule has 0 saturated heterocycles. The first-order chi connectivity index (χ1) is 8.81. The second-order valence-corrected chi connectivity index (χ2v) is 3.89. The highest BCUT2D eigenvalue weighted by Crippen LogP contribution is 2.53. The number of aliphatic hydroxyl groups excluding tert-OH is 1. The first-order valence-corrected chi connectivity index (χ1v) is 5.30. The maximum Gasteiger partial charge on any atom is 0.460 e. The minimum absolute atomic E-state index is 0.0876. The summed E-state index contributed by atoms with van der Waals surface area (Å²) in [5, 5.41) is 8.33. The molecule has 0 atom stereocenters. The smallest absolute Gasteiger partial charge is 0.396 e. The largest absolute Gasteiger partial charge is 0.460 e. The van der Waals surface area contributed by atoms with Gasteiger partial charge in [0.25, 0.3) is 0 Å². The van der Waals surface area contributed by atoms with Crippen molar-refractivity contribution < 1.29 is 44.6 Å². The molecule has 120 valence electrons. The molecule has 1 N–H and O–H groups in total. The van der Waals surface area contributed by atoms with Gasteiger partial charge in [-0.2, -0.15) is 39.5 Å². The van der Waals surface area contributed by atoms with Crippen LogP contribution in [0.3, 0.4) is 0 Å². The number of rotatable bonds is 7. The summed E-state index contributed by atoms with van der Waals surface area (Å²) in [6.07, 6.45) is -7.15. The van der Waals surface area contributed by atoms with Gasteiger partial charge in [-0.3, -0.25) is 0 Å². The van der Waals surface area contributed by atoms with Crippen LogP contribution in [0, 0.1) is 0 Å². The Labute approximate surface area is 108 Å². The van der Waals surface area contributed by atoms with Crippen molar-refractivity contribution in [2.45, 2.75) is 43.2 Å². The maximum atomic E-state index is 12.9. The van der Waals surface area contributed by atoms with Gasteiger partial charge in [-0.25, -0.2) is 0 Å². The van der Waals surface area contributed by atoms with Crippen molar-refractivity contribution in [3.05, 3.63) is 12.2 Å². The van der Waals surface area contributed by atoms with E-state index in [9.17, 15) is 39.5 Å². The Morgan fingerprint density at radius 2 is 1.25 bits per heavy atom. The van der Waals surface area contributed by atoms with Gasteiger partial charge in [-0.1, -0.05) is 6.08 Å². The van der Waals surface area contributed by atoms with Crippen LogP contribution < -0.4 is 0 Å². The van der Waals surface area contributed by atoms with Crippen LogP contribution >= 0.6 is 0 Å². The third kappa shape index (κ3) is 3.80. The summed E-state index contributed by atoms with van der Waals surface area (Å²) in [7, 11) is 0. The van der Waals surface area contributed by atoms with E-state index in [1.165, 1.54) is 0 Å². The van der Waals surface area contributed by atoms with Crippen molar-refractivity contribution in [2.24, 2.45) is 0 Å². The van der Waals surface area contributed by atoms with Gasteiger partial charge in [-0.05, 0) is 25.3 Å². The summed E-state index contributed by atoms with van der Waals surface area (Å²) in [5.74, 6) is -19.1. The predicted molar refractivity (Wildman–Crippen MR) is 51.0 cm³/mol. The molecule has 0 bridgehead atoms. The quantitative estimate of drug-likeness (QED) is 0.424. The topological polar surface area (TPSA) is 20.2 Å². The fourth-order valence-electron chi connectivity index (χ4n) is 1.10. The first kappa shape index (κ1) is 19.1. The van der Waals surface area contributed by atoms with Gasteiger partial charge in [0.1, 0.15) is 0 Å². The van der Waals surface area contributed by atoms with E-state index in [4.69, 9.17) is 5.11 Å². The van der Waals surface area contributed by atoms with Crippen LogP contribution in [0.25, 0.3) is 0 Å². The lowest BCUT2D eigenvalue weighted by Crippen LogP contribution is -2.60. The van der Waals surface area contributed by atoms with Crippen molar-refractivity contribution >= 4 is 0 Å². The second-order valence-electron chi connectivity index (χ2n) is 3.89. The third-order valence-corrected chi connectivity index (χ3v) is 2.28. The van der Waals surface area contributed by atoms with E-state index >= 15 is 0 Å². The molecule has 0 spiro atoms. The van der Waals surface area contributed by atoms with Crippen LogP contribution in [0.15, 0.2) is 12.2 Å². The lowest BCUT2D eigenvalue weighted by molar-refractivity contribution is -0.388. The van der Waals surface area contributed by atoms with E-state index in [-0.39, 0.29) is 25.9 Å². The Balaban J connectivity index is 5.07. The SMILES string of the molecule is OCCCCC=CC(F)(F)C(F)(F)C(F)(F)C(F)(F)F. The van der Waals surface area contributed by atoms with Crippen molar-refractivity contribution in [3.8, 4) is 0 Å². The number of alkyl halides is 9. The molecular weight excluding hydrogens is 307 g/mol. The van der Waals surface area contributed by atoms with E-state index in [2.05, 4.69) is 0 Å². The molecule has 0 rings (SSSR count). The van der Waals surface area contributed by atoms with Crippen molar-refractivity contribution in [1.29, 1.82) is 0 Å². The molecule has 0 fully saturated rings. The van der Waals surface area contributed by atoms with Crippen LogP contribution in [0.5, 0.6) is 0 Å². The van der Waals surface area contributed by atoms with E-state index in [1.807, 2.05) is 0 Å². The molecule has 0 aromatic rings. The molecule has 1 nitrogen and oxygen atoms in total. The molecular formula is C10H11F9O. The van der Waals surface area contributed by atoms with E-state index in [0.29, 0.717) is 6.08 Å². The highest BCUT2D eigenvalue weighted by molar-refractivity contribution is 5.10. The number of allylic oxidation sites excluding steroid dienone is 2. The first-order valence-electron chi connectivity index (χ1n) is 5.30. The number of halogens is 9. The van der Waals surface area contributed by atoms with Gasteiger partial charge in [0.2, 0.25) is 0 Å². The summed E-state index contributed by atoms with van der Waals surface area (Å²) in [6.45, 7) is -0.299. The van der Waals surface area contributed by atoms with E-state index in [0.717, 1.165) is 0 Å². The summed E-state index contributed by atoms with van der Waals surface area (Å²) in [5.41, 5.74) is 0. The van der Waals surface area contributed by atoms with E-state index in [1.54, 1.807) is 0 Å². The highest BCUT2D eigenvalue weighted by Gasteiger charge is 2.81. The zero-order valence-corrected chi connectivity index (χ0v) is 9.83. The molecule has 0 aliphatic carbocycles. The van der Waals surface area contributed by atoms with Gasteiger partial charge in [0.05, 0.1) is 0 Å². The minimum Gasteiger partial charge on any atom is -0.396 e. The lowest BCUT2D eigenvalue weighted by Gasteiger charge is -2.32. The zero-order chi connectivity index (χ0) is 16.2. The number of aliphatic hydroxyl groups is 1. The molecule has 0 aromatic heterocycles. The Hall–Kier alpha value is -0.930. The van der Waals surface area contributed by atoms with Crippen LogP contribution in [-0.2, 0) is 0 Å². The average Bonchev–Trinajstić information content (AvgIpc) is 2.26. The Morgan fingerprint density at radius 1 is 0.750 bits per heavy atom. The van der Waals surface area contributed by atoms with E-state index < -0.39 is 30.0 Å². The van der Waals surface area contributed by atoms with Crippen molar-refractivity contribution in [3.63, 3.8) is 0 Å². The van der Waals surface area contributed by atoms with Crippen molar-refractivity contribution in [1.82, 2.24) is 0 Å². The van der Waals surface area contributed by atoms with Crippen LogP contribution in [0.1, 0.15) is 19.3 Å². The second kappa shape index (κ2) is 6.23. The average molecular weight is 318 g/mol. The molecule has 0 aliphatic rings. The summed E-state index contributed by atoms with van der Waals surface area (Å²) in [6, 6.07) is 0. The number of hydrogen-bond donors (Lipinski definition) is 1. The monoisotopic (exact) mass is 318 g/mol. The summed E-state index contributed by atoms with van der Waals surface area (Å²) >= 11 is 0. The molecule has 0 aromatic carbocycles. The fraction of sp³-hybridized carbons (Fsp3) is 0.800. The summed E-state index contributed by atoms with van der Waals surface area (Å²) in [4.78, 5) is 0. The van der Waals surface area contributed by atoms with Gasteiger partial charge in [0.15, 0.2) is 0 Å². The zero-order valence-electron chi connectivity index (χ0n) is 9.83. The van der Waals surface area contributed by atoms with Gasteiger partial charge in [-0.15, -0.1) is 0 Å². The van der Waals surface area contributed by atoms with Crippen LogP contribution in [-0.4, -0.2) is 35.7 Å². The van der Waals surface area contributed by atoms with Gasteiger partial charge < -0.3 is 5.11 Å². The Bertz CT molecular complexity index is 332. The third-order valence-electron chi connectivity index (χ3n) is 2.28. The summed E-state index contributed by atoms with van der Waals surface area (Å²) < 4.78 is 111. The Morgan fingerprint density at radius 3 is 1.65 bits per heavy atom. The molecule has 0 radical (unpaired) electrons.